The summed E-state index contributed by atoms with van der Waals surface area (Å²) in [6, 6.07) is -7.12. The van der Waals surface area contributed by atoms with Gasteiger partial charge in [-0.15, -0.1) is 0 Å². The quantitative estimate of drug-likeness (QED) is 0.0116. The average molecular weight is 2060 g/mol. The zero-order valence-electron chi connectivity index (χ0n) is 80.6. The summed E-state index contributed by atoms with van der Waals surface area (Å²) in [7, 11) is 0. The van der Waals surface area contributed by atoms with Gasteiger partial charge in [0.1, 0.15) is 97.4 Å². The fourth-order valence-electron chi connectivity index (χ4n) is 13.7. The number of nitrogens with one attached hydrogen (secondary N) is 11. The molecule has 142 heavy (non-hydrogen) atoms. The molecule has 4 heterocycles. The lowest BCUT2D eigenvalue weighted by Crippen LogP contribution is -2.64. The molecule has 58 heteroatoms. The number of carbonyl (C=O) groups is 11. The van der Waals surface area contributed by atoms with Gasteiger partial charge in [0.15, 0.2) is 25.2 Å². The molecule has 820 valence electrons. The molecular weight excluding hydrogens is 1910 g/mol. The number of amides is 11. The predicted molar refractivity (Wildman–Crippen MR) is 480 cm³/mol. The van der Waals surface area contributed by atoms with Gasteiger partial charge in [0, 0.05) is 110 Å². The fraction of sp³-hybridized carbons (Fsp3) is 0.869. The van der Waals surface area contributed by atoms with Crippen LogP contribution in [0.2, 0.25) is 0 Å². The van der Waals surface area contributed by atoms with Crippen LogP contribution in [0.25, 0.3) is 10.4 Å². The fourth-order valence-corrected chi connectivity index (χ4v) is 13.7. The van der Waals surface area contributed by atoms with Gasteiger partial charge in [0.25, 0.3) is 0 Å². The second kappa shape index (κ2) is 76.7. The van der Waals surface area contributed by atoms with Crippen molar-refractivity contribution in [1.29, 1.82) is 0 Å². The molecule has 0 aliphatic carbocycles. The van der Waals surface area contributed by atoms with Gasteiger partial charge in [-0.05, 0) is 5.53 Å². The SMILES string of the molecule is CC(=O)NC1C(OCCOCCNC(=O)CCOCC(COCCC(=O)NCCOCCOC2OC(CO)C(O)C(O)C2NC(C)=O)NC(=O)CCOCC(COCCC(=O)NC(COCCC(=O)NCCOCCOCCOC2OC(CO)C(O)C(O)C2NC(C)=O)COCCC(=O)NCCOCCOCCOC2OC(CO)C(O)C(O)C2NC(C)=O)NC(=O)CCOCCN=[N+]=[N-])OC(CO)C(O)C1O. The molecule has 58 nitrogen and oxygen atoms in total. The van der Waals surface area contributed by atoms with Gasteiger partial charge >= 0.3 is 0 Å². The summed E-state index contributed by atoms with van der Waals surface area (Å²) in [5, 5.41) is 154. The summed E-state index contributed by atoms with van der Waals surface area (Å²) in [6.45, 7) is 1.15. The number of hydrogen-bond donors (Lipinski definition) is 23. The van der Waals surface area contributed by atoms with E-state index in [4.69, 9.17) is 105 Å². The largest absolute Gasteiger partial charge is 0.394 e. The summed E-state index contributed by atoms with van der Waals surface area (Å²) >= 11 is 0. The van der Waals surface area contributed by atoms with E-state index < -0.39 is 232 Å². The number of nitrogens with zero attached hydrogens (tertiary/aromatic N) is 3. The van der Waals surface area contributed by atoms with Crippen LogP contribution in [0.15, 0.2) is 5.11 Å². The van der Waals surface area contributed by atoms with Crippen LogP contribution < -0.4 is 58.5 Å². The molecule has 4 rings (SSSR count). The molecule has 4 aliphatic rings. The lowest BCUT2D eigenvalue weighted by atomic mass is 9.97. The van der Waals surface area contributed by atoms with Crippen molar-refractivity contribution in [2.45, 2.75) is 213 Å². The normalized spacial score (nSPS) is 25.0. The first kappa shape index (κ1) is 126. The van der Waals surface area contributed by atoms with Gasteiger partial charge in [-0.25, -0.2) is 0 Å². The highest BCUT2D eigenvalue weighted by molar-refractivity contribution is 5.79. The third-order valence-corrected chi connectivity index (χ3v) is 20.8. The number of hydrogen-bond acceptors (Lipinski definition) is 45. The van der Waals surface area contributed by atoms with E-state index in [1.807, 2.05) is 0 Å². The minimum Gasteiger partial charge on any atom is -0.394 e. The number of carbonyl (C=O) groups excluding carboxylic acids is 11. The maximum absolute atomic E-state index is 13.6. The minimum absolute atomic E-state index is 0.0149. The van der Waals surface area contributed by atoms with Crippen molar-refractivity contribution in [3.05, 3.63) is 10.4 Å². The number of aliphatic hydroxyl groups is 12. The van der Waals surface area contributed by atoms with Crippen molar-refractivity contribution < 1.29 is 213 Å². The van der Waals surface area contributed by atoms with E-state index in [1.165, 1.54) is 27.7 Å². The monoisotopic (exact) mass is 2060 g/mol. The molecular formula is C84H150N14O44. The smallest absolute Gasteiger partial charge is 0.222 e. The van der Waals surface area contributed by atoms with Crippen LogP contribution in [0, 0.1) is 0 Å². The van der Waals surface area contributed by atoms with Crippen molar-refractivity contribution in [3.8, 4) is 0 Å². The van der Waals surface area contributed by atoms with E-state index in [-0.39, 0.29) is 276 Å². The summed E-state index contributed by atoms with van der Waals surface area (Å²) < 4.78 is 118. The topological polar surface area (TPSA) is 805 Å². The van der Waals surface area contributed by atoms with E-state index in [0.717, 1.165) is 0 Å². The van der Waals surface area contributed by atoms with Gasteiger partial charge in [0.2, 0.25) is 65.0 Å². The number of rotatable bonds is 81. The standard InChI is InChI=1S/C84H150N14O44/c1-51(103)91-69-77(118)73(114)58(41-99)139-81(69)135-37-33-125-26-14-88-64(109)7-20-131-47-56(48-132-21-8-65(110)89-15-27-126-34-38-136-82-70(92-52(2)104)78(119)74(115)59(42-100)140-82)97-68(113)11-23-134-50-57(95-66(111)9-17-122-28-16-90-98-85)49-133-22-10-67(112)96-55(45-129-18-5-62(107)86-12-24-123-29-31-127-35-39-137-83-71(93-53(3)105)79(120)75(116)60(43-101)141-83)46-130-19-6-63(108)87-13-25-124-30-32-128-36-40-138-84-72(94-54(4)106)80(121)76(117)61(44-102)142-84/h55-61,69-84,99-102,114-121H,5-50H2,1-4H3,(H,86,107)(H,87,108)(H,88,109)(H,89,110)(H,91,103)(H,92,104)(H,93,105)(H,94,106)(H,95,111)(H,96,112)(H,97,113). The summed E-state index contributed by atoms with van der Waals surface area (Å²) in [6.07, 6.45) is -22.6. The highest BCUT2D eigenvalue weighted by Gasteiger charge is 2.49. The maximum Gasteiger partial charge on any atom is 0.222 e. The second-order valence-electron chi connectivity index (χ2n) is 32.3. The molecule has 0 aromatic heterocycles. The molecule has 23 N–H and O–H groups in total. The van der Waals surface area contributed by atoms with E-state index in [1.54, 1.807) is 0 Å². The van der Waals surface area contributed by atoms with Gasteiger partial charge in [-0.2, -0.15) is 0 Å². The molecule has 0 radical (unpaired) electrons. The first-order valence-electron chi connectivity index (χ1n) is 46.9. The Morgan fingerprint density at radius 2 is 0.472 bits per heavy atom. The summed E-state index contributed by atoms with van der Waals surface area (Å²) in [5.41, 5.74) is 8.64. The van der Waals surface area contributed by atoms with Gasteiger partial charge < -0.3 is 219 Å². The van der Waals surface area contributed by atoms with Crippen LogP contribution in [-0.2, 0) is 152 Å². The van der Waals surface area contributed by atoms with Crippen LogP contribution in [0.5, 0.6) is 0 Å². The molecule has 0 aromatic rings. The third kappa shape index (κ3) is 54.5. The van der Waals surface area contributed by atoms with E-state index in [0.29, 0.717) is 0 Å². The number of aliphatic hydroxyl groups excluding tert-OH is 12. The Morgan fingerprint density at radius 1 is 0.275 bits per heavy atom. The van der Waals surface area contributed by atoms with Crippen LogP contribution in [0.4, 0.5) is 0 Å². The van der Waals surface area contributed by atoms with E-state index in [9.17, 15) is 114 Å². The van der Waals surface area contributed by atoms with Gasteiger partial charge in [-0.3, -0.25) is 52.7 Å². The Labute approximate surface area is 820 Å². The maximum atomic E-state index is 13.6. The second-order valence-corrected chi connectivity index (χ2v) is 32.3. The number of ether oxygens (including phenoxy) is 21. The average Bonchev–Trinajstić information content (AvgIpc) is 0.821. The minimum atomic E-state index is -1.51. The first-order valence-corrected chi connectivity index (χ1v) is 46.9. The van der Waals surface area contributed by atoms with Crippen LogP contribution in [0.3, 0.4) is 0 Å². The molecule has 4 aliphatic heterocycles. The van der Waals surface area contributed by atoms with Crippen molar-refractivity contribution >= 4 is 65.0 Å². The molecule has 4 fully saturated rings. The summed E-state index contributed by atoms with van der Waals surface area (Å²) in [4.78, 5) is 141. The van der Waals surface area contributed by atoms with Gasteiger partial charge in [0.05, 0.1) is 243 Å². The predicted octanol–water partition coefficient (Wildman–Crippen LogP) is -13.0. The molecule has 0 saturated carbocycles. The van der Waals surface area contributed by atoms with E-state index in [2.05, 4.69) is 68.5 Å². The zero-order valence-corrected chi connectivity index (χ0v) is 80.6. The van der Waals surface area contributed by atoms with Crippen LogP contribution in [0.1, 0.15) is 72.6 Å². The van der Waals surface area contributed by atoms with Crippen molar-refractivity contribution in [1.82, 2.24) is 58.5 Å². The first-order chi connectivity index (χ1) is 68.3. The molecule has 4 saturated heterocycles. The van der Waals surface area contributed by atoms with Crippen LogP contribution >= 0.6 is 0 Å². The third-order valence-electron chi connectivity index (χ3n) is 20.8. The lowest BCUT2D eigenvalue weighted by molar-refractivity contribution is -0.272. The van der Waals surface area contributed by atoms with Crippen LogP contribution in [-0.4, -0.2) is 524 Å². The number of azide groups is 1. The zero-order chi connectivity index (χ0) is 104. The molecule has 21 atom stereocenters. The van der Waals surface area contributed by atoms with Crippen molar-refractivity contribution in [3.63, 3.8) is 0 Å². The Balaban J connectivity index is 1.29. The molecule has 0 bridgehead atoms. The lowest BCUT2D eigenvalue weighted by Gasteiger charge is -2.42. The Kier molecular flexibility index (Phi) is 68.3. The molecule has 0 aromatic carbocycles. The van der Waals surface area contributed by atoms with E-state index >= 15 is 0 Å². The molecule has 0 spiro atoms. The highest BCUT2D eigenvalue weighted by atomic mass is 16.7. The van der Waals surface area contributed by atoms with Crippen molar-refractivity contribution in [2.24, 2.45) is 5.11 Å². The molecule has 11 amide bonds. The highest BCUT2D eigenvalue weighted by Crippen LogP contribution is 2.27. The Hall–Kier alpha value is -7.84. The Bertz CT molecular complexity index is 3400. The summed E-state index contributed by atoms with van der Waals surface area (Å²) in [5.74, 6) is -5.33. The Morgan fingerprint density at radius 3 is 0.683 bits per heavy atom. The van der Waals surface area contributed by atoms with Crippen molar-refractivity contribution in [2.75, 3.05) is 257 Å². The van der Waals surface area contributed by atoms with Gasteiger partial charge in [-0.1, -0.05) is 5.11 Å². The molecule has 21 unspecified atom stereocenters.